The topological polar surface area (TPSA) is 145 Å². The maximum absolute atomic E-state index is 14.0. The summed E-state index contributed by atoms with van der Waals surface area (Å²) >= 11 is 0. The molecule has 11 heteroatoms. The Morgan fingerprint density at radius 3 is 2.31 bits per heavy atom. The minimum absolute atomic E-state index is 0.00854. The number of allylic oxidation sites excluding steroid dienone is 2. The Bertz CT molecular complexity index is 1940. The van der Waals surface area contributed by atoms with Gasteiger partial charge in [-0.05, 0) is 103 Å². The fourth-order valence-electron chi connectivity index (χ4n) is 5.62. The minimum Gasteiger partial charge on any atom is -0.481 e. The molecule has 0 aromatic heterocycles. The van der Waals surface area contributed by atoms with Crippen molar-refractivity contribution >= 4 is 50.6 Å². The average molecular weight is 681 g/mol. The van der Waals surface area contributed by atoms with Crippen molar-refractivity contribution in [3.8, 4) is 0 Å². The molecule has 4 aromatic rings. The Balaban J connectivity index is 1.40. The van der Waals surface area contributed by atoms with E-state index in [4.69, 9.17) is 5.11 Å². The maximum Gasteiger partial charge on any atom is 0.326 e. The third-order valence-corrected chi connectivity index (χ3v) is 9.71. The second kappa shape index (κ2) is 16.1. The number of aryl methyl sites for hydroxylation is 1. The number of carbonyl (C=O) groups is 3. The van der Waals surface area contributed by atoms with Crippen LogP contribution in [0.15, 0.2) is 108 Å². The summed E-state index contributed by atoms with van der Waals surface area (Å²) in [5, 5.41) is 14.2. The van der Waals surface area contributed by atoms with Gasteiger partial charge in [0.2, 0.25) is 0 Å². The number of anilines is 3. The molecule has 49 heavy (non-hydrogen) atoms. The van der Waals surface area contributed by atoms with E-state index >= 15 is 0 Å². The third kappa shape index (κ3) is 9.35. The Morgan fingerprint density at radius 1 is 0.857 bits per heavy atom. The van der Waals surface area contributed by atoms with Crippen molar-refractivity contribution in [2.45, 2.75) is 56.9 Å². The van der Waals surface area contributed by atoms with Crippen LogP contribution in [-0.2, 0) is 27.8 Å². The van der Waals surface area contributed by atoms with Crippen LogP contribution in [0.1, 0.15) is 66.1 Å². The van der Waals surface area contributed by atoms with Crippen LogP contribution in [0.25, 0.3) is 5.57 Å². The van der Waals surface area contributed by atoms with Crippen LogP contribution in [0.4, 0.5) is 21.9 Å². The number of amides is 3. The monoisotopic (exact) mass is 680 g/mol. The van der Waals surface area contributed by atoms with Crippen LogP contribution in [0.3, 0.4) is 0 Å². The predicted molar refractivity (Wildman–Crippen MR) is 192 cm³/mol. The molecule has 0 saturated heterocycles. The number of hydrogen-bond donors (Lipinski definition) is 4. The Labute approximate surface area is 286 Å². The van der Waals surface area contributed by atoms with Crippen molar-refractivity contribution in [2.24, 2.45) is 0 Å². The van der Waals surface area contributed by atoms with Crippen molar-refractivity contribution in [3.05, 3.63) is 125 Å². The highest BCUT2D eigenvalue weighted by atomic mass is 32.2. The van der Waals surface area contributed by atoms with Crippen molar-refractivity contribution in [2.75, 3.05) is 21.5 Å². The summed E-state index contributed by atoms with van der Waals surface area (Å²) in [6, 6.07) is 27.3. The van der Waals surface area contributed by atoms with E-state index in [0.717, 1.165) is 42.4 Å². The SMILES string of the molecule is CCc1cccc(NS(=O)(=O)c2ccccc2NC(=O)N(Cc2ccc(C(=O)NCCC(=O)O)cc2)c2ccc(C3=CCCCC3)cc2)c1. The predicted octanol–water partition coefficient (Wildman–Crippen LogP) is 7.45. The van der Waals surface area contributed by atoms with Crippen LogP contribution in [0.2, 0.25) is 0 Å². The van der Waals surface area contributed by atoms with Gasteiger partial charge in [0.1, 0.15) is 4.90 Å². The number of rotatable bonds is 13. The van der Waals surface area contributed by atoms with Gasteiger partial charge in [-0.3, -0.25) is 19.2 Å². The molecule has 0 spiro atoms. The molecule has 254 valence electrons. The lowest BCUT2D eigenvalue weighted by molar-refractivity contribution is -0.136. The fourth-order valence-corrected chi connectivity index (χ4v) is 6.83. The maximum atomic E-state index is 14.0. The van der Waals surface area contributed by atoms with Crippen LogP contribution in [0, 0.1) is 0 Å². The lowest BCUT2D eigenvalue weighted by Crippen LogP contribution is -2.35. The number of benzene rings is 4. The van der Waals surface area contributed by atoms with Gasteiger partial charge in [0, 0.05) is 23.5 Å². The molecule has 1 aliphatic rings. The van der Waals surface area contributed by atoms with E-state index in [-0.39, 0.29) is 30.1 Å². The standard InChI is InChI=1S/C38H40N4O6S/c1-2-27-9-8-12-32(25-27)41-49(47,48)35-14-7-6-13-34(35)40-38(46)42(33-21-19-30(20-22-33)29-10-4-3-5-11-29)26-28-15-17-31(18-16-28)37(45)39-24-23-36(43)44/h6-10,12-22,25,41H,2-5,11,23-24,26H2,1H3,(H,39,45)(H,40,46)(H,43,44). The van der Waals surface area contributed by atoms with Gasteiger partial charge < -0.3 is 15.7 Å². The molecular weight excluding hydrogens is 641 g/mol. The molecule has 0 radical (unpaired) electrons. The summed E-state index contributed by atoms with van der Waals surface area (Å²) in [5.41, 5.74) is 5.57. The lowest BCUT2D eigenvalue weighted by Gasteiger charge is -2.25. The molecule has 4 N–H and O–H groups in total. The van der Waals surface area contributed by atoms with Gasteiger partial charge in [-0.15, -0.1) is 0 Å². The molecule has 4 aromatic carbocycles. The highest BCUT2D eigenvalue weighted by Gasteiger charge is 2.23. The number of hydrogen-bond acceptors (Lipinski definition) is 5. The second-order valence-corrected chi connectivity index (χ2v) is 13.4. The van der Waals surface area contributed by atoms with E-state index in [1.54, 1.807) is 60.7 Å². The number of carboxylic acids is 1. The van der Waals surface area contributed by atoms with Crippen molar-refractivity contribution in [1.29, 1.82) is 0 Å². The average Bonchev–Trinajstić information content (AvgIpc) is 3.11. The first kappa shape index (κ1) is 34.9. The molecular formula is C38H40N4O6S. The van der Waals surface area contributed by atoms with E-state index in [2.05, 4.69) is 21.4 Å². The second-order valence-electron chi connectivity index (χ2n) is 11.8. The Kier molecular flexibility index (Phi) is 11.5. The van der Waals surface area contributed by atoms with Crippen LogP contribution in [0.5, 0.6) is 0 Å². The number of carboxylic acid groups (broad SMARTS) is 1. The van der Waals surface area contributed by atoms with Gasteiger partial charge in [-0.1, -0.05) is 61.5 Å². The van der Waals surface area contributed by atoms with Crippen LogP contribution < -0.4 is 20.3 Å². The number of sulfonamides is 1. The smallest absolute Gasteiger partial charge is 0.326 e. The first-order valence-corrected chi connectivity index (χ1v) is 17.8. The summed E-state index contributed by atoms with van der Waals surface area (Å²) in [6.07, 6.45) is 7.18. The van der Waals surface area contributed by atoms with E-state index < -0.39 is 27.9 Å². The van der Waals surface area contributed by atoms with Gasteiger partial charge >= 0.3 is 12.0 Å². The third-order valence-electron chi connectivity index (χ3n) is 8.27. The molecule has 0 atom stereocenters. The number of nitrogens with one attached hydrogen (secondary N) is 3. The van der Waals surface area contributed by atoms with Gasteiger partial charge in [0.05, 0.1) is 18.7 Å². The summed E-state index contributed by atoms with van der Waals surface area (Å²) in [4.78, 5) is 38.8. The highest BCUT2D eigenvalue weighted by molar-refractivity contribution is 7.92. The van der Waals surface area contributed by atoms with Gasteiger partial charge in [0.15, 0.2) is 0 Å². The molecule has 1 aliphatic carbocycles. The molecule has 0 unspecified atom stereocenters. The van der Waals surface area contributed by atoms with Crippen molar-refractivity contribution in [1.82, 2.24) is 5.32 Å². The molecule has 3 amide bonds. The summed E-state index contributed by atoms with van der Waals surface area (Å²) < 4.78 is 29.8. The quantitative estimate of drug-likeness (QED) is 0.115. The summed E-state index contributed by atoms with van der Waals surface area (Å²) in [6.45, 7) is 2.11. The van der Waals surface area contributed by atoms with E-state index in [1.807, 2.05) is 37.3 Å². The van der Waals surface area contributed by atoms with E-state index in [1.165, 1.54) is 23.0 Å². The van der Waals surface area contributed by atoms with Gasteiger partial charge in [-0.25, -0.2) is 13.2 Å². The zero-order valence-electron chi connectivity index (χ0n) is 27.3. The Hall–Kier alpha value is -5.42. The van der Waals surface area contributed by atoms with Crippen molar-refractivity contribution < 1.29 is 27.9 Å². The summed E-state index contributed by atoms with van der Waals surface area (Å²) in [7, 11) is -4.07. The lowest BCUT2D eigenvalue weighted by atomic mass is 9.93. The molecule has 0 fully saturated rings. The zero-order chi connectivity index (χ0) is 34.8. The van der Waals surface area contributed by atoms with Crippen LogP contribution in [-0.4, -0.2) is 38.0 Å². The molecule has 0 bridgehead atoms. The number of carbonyl (C=O) groups excluding carboxylic acids is 2. The van der Waals surface area contributed by atoms with Gasteiger partial charge in [-0.2, -0.15) is 0 Å². The summed E-state index contributed by atoms with van der Waals surface area (Å²) in [5.74, 6) is -1.40. The fraction of sp³-hybridized carbons (Fsp3) is 0.237. The largest absolute Gasteiger partial charge is 0.481 e. The number of nitrogens with zero attached hydrogens (tertiary/aromatic N) is 1. The van der Waals surface area contributed by atoms with Crippen LogP contribution >= 0.6 is 0 Å². The molecule has 0 heterocycles. The van der Waals surface area contributed by atoms with Crippen molar-refractivity contribution in [3.63, 3.8) is 0 Å². The zero-order valence-corrected chi connectivity index (χ0v) is 28.1. The minimum atomic E-state index is -4.07. The first-order chi connectivity index (χ1) is 23.6. The molecule has 0 aliphatic heterocycles. The Morgan fingerprint density at radius 2 is 1.61 bits per heavy atom. The molecule has 10 nitrogen and oxygen atoms in total. The number of urea groups is 1. The first-order valence-electron chi connectivity index (χ1n) is 16.3. The number of aliphatic carboxylic acids is 1. The van der Waals surface area contributed by atoms with E-state index in [9.17, 15) is 22.8 Å². The molecule has 5 rings (SSSR count). The number of para-hydroxylation sites is 1. The molecule has 0 saturated carbocycles. The van der Waals surface area contributed by atoms with Gasteiger partial charge in [0.25, 0.3) is 15.9 Å². The highest BCUT2D eigenvalue weighted by Crippen LogP contribution is 2.30. The van der Waals surface area contributed by atoms with E-state index in [0.29, 0.717) is 16.9 Å². The normalized spacial score (nSPS) is 12.8.